The second-order valence-corrected chi connectivity index (χ2v) is 2.94. The number of thiol groups is 2. The van der Waals surface area contributed by atoms with Gasteiger partial charge in [-0.3, -0.25) is 0 Å². The number of nitrogens with two attached hydrogens (primary N) is 2. The maximum Gasteiger partial charge on any atom is 0.0586 e. The molecule has 0 aliphatic rings. The Labute approximate surface area is 70.4 Å². The highest BCUT2D eigenvalue weighted by molar-refractivity contribution is 7.81. The molecular formula is C6H8N2S2. The highest BCUT2D eigenvalue weighted by Gasteiger charge is 1.99. The van der Waals surface area contributed by atoms with E-state index in [1.54, 1.807) is 12.1 Å². The van der Waals surface area contributed by atoms with E-state index >= 15 is 0 Å². The molecule has 54 valence electrons. The minimum atomic E-state index is 0.570. The fourth-order valence-electron chi connectivity index (χ4n) is 0.644. The van der Waals surface area contributed by atoms with Gasteiger partial charge in [-0.2, -0.15) is 0 Å². The average molecular weight is 172 g/mol. The van der Waals surface area contributed by atoms with Crippen LogP contribution in [0.3, 0.4) is 0 Å². The standard InChI is InChI=1S/C6H8N2S2/c7-3-1-4(9)6(8)5(10)2-3/h1-2,9-10H,7-8H2. The van der Waals surface area contributed by atoms with Crippen LogP contribution < -0.4 is 11.5 Å². The Balaban J connectivity index is 3.31. The third-order valence-corrected chi connectivity index (χ3v) is 1.90. The number of hydrogen-bond acceptors (Lipinski definition) is 4. The van der Waals surface area contributed by atoms with Gasteiger partial charge in [-0.15, -0.1) is 25.3 Å². The minimum Gasteiger partial charge on any atom is -0.399 e. The summed E-state index contributed by atoms with van der Waals surface area (Å²) in [5.41, 5.74) is 12.2. The molecule has 1 aromatic rings. The quantitative estimate of drug-likeness (QED) is 0.353. The van der Waals surface area contributed by atoms with Crippen molar-refractivity contribution in [3.05, 3.63) is 12.1 Å². The second kappa shape index (κ2) is 2.64. The highest BCUT2D eigenvalue weighted by Crippen LogP contribution is 2.26. The first kappa shape index (κ1) is 7.63. The molecule has 0 spiro atoms. The van der Waals surface area contributed by atoms with Crippen molar-refractivity contribution in [1.29, 1.82) is 0 Å². The van der Waals surface area contributed by atoms with Gasteiger partial charge in [0.15, 0.2) is 0 Å². The maximum atomic E-state index is 5.54. The molecule has 4 N–H and O–H groups in total. The van der Waals surface area contributed by atoms with E-state index < -0.39 is 0 Å². The summed E-state index contributed by atoms with van der Waals surface area (Å²) in [6.45, 7) is 0. The number of rotatable bonds is 0. The summed E-state index contributed by atoms with van der Waals surface area (Å²) < 4.78 is 0. The third-order valence-electron chi connectivity index (χ3n) is 1.16. The minimum absolute atomic E-state index is 0.570. The Bertz CT molecular complexity index is 237. The Kier molecular flexibility index (Phi) is 2.01. The lowest BCUT2D eigenvalue weighted by Gasteiger charge is -2.02. The Morgan fingerprint density at radius 3 is 1.80 bits per heavy atom. The van der Waals surface area contributed by atoms with Gasteiger partial charge in [-0.25, -0.2) is 0 Å². The molecule has 0 aliphatic heterocycles. The van der Waals surface area contributed by atoms with Gasteiger partial charge >= 0.3 is 0 Å². The van der Waals surface area contributed by atoms with Gasteiger partial charge in [0.05, 0.1) is 5.69 Å². The monoisotopic (exact) mass is 172 g/mol. The molecule has 0 saturated heterocycles. The fraction of sp³-hybridized carbons (Fsp3) is 0. The lowest BCUT2D eigenvalue weighted by atomic mass is 10.3. The SMILES string of the molecule is Nc1cc(S)c(N)c(S)c1. The number of benzene rings is 1. The topological polar surface area (TPSA) is 52.0 Å². The molecule has 0 saturated carbocycles. The van der Waals surface area contributed by atoms with Crippen molar-refractivity contribution in [2.45, 2.75) is 9.79 Å². The van der Waals surface area contributed by atoms with Gasteiger partial charge in [0.1, 0.15) is 0 Å². The zero-order chi connectivity index (χ0) is 7.72. The average Bonchev–Trinajstić information content (AvgIpc) is 1.82. The van der Waals surface area contributed by atoms with Gasteiger partial charge in [0, 0.05) is 15.5 Å². The van der Waals surface area contributed by atoms with Crippen molar-refractivity contribution in [3.63, 3.8) is 0 Å². The summed E-state index contributed by atoms with van der Waals surface area (Å²) in [6, 6.07) is 3.39. The van der Waals surface area contributed by atoms with E-state index in [2.05, 4.69) is 25.3 Å². The van der Waals surface area contributed by atoms with E-state index in [-0.39, 0.29) is 0 Å². The maximum absolute atomic E-state index is 5.54. The van der Waals surface area contributed by atoms with Crippen molar-refractivity contribution < 1.29 is 0 Å². The van der Waals surface area contributed by atoms with Crippen LogP contribution in [-0.4, -0.2) is 0 Å². The summed E-state index contributed by atoms with van der Waals surface area (Å²) in [5.74, 6) is 0. The summed E-state index contributed by atoms with van der Waals surface area (Å²) >= 11 is 8.17. The predicted molar refractivity (Wildman–Crippen MR) is 49.8 cm³/mol. The van der Waals surface area contributed by atoms with Gasteiger partial charge in [-0.05, 0) is 12.1 Å². The normalized spacial score (nSPS) is 9.80. The number of hydrogen-bond donors (Lipinski definition) is 4. The van der Waals surface area contributed by atoms with Crippen LogP contribution in [0.25, 0.3) is 0 Å². The van der Waals surface area contributed by atoms with Crippen molar-refractivity contribution >= 4 is 36.6 Å². The lowest BCUT2D eigenvalue weighted by molar-refractivity contribution is 1.36. The fourth-order valence-corrected chi connectivity index (χ4v) is 1.27. The molecule has 0 radical (unpaired) electrons. The van der Waals surface area contributed by atoms with Gasteiger partial charge < -0.3 is 11.5 Å². The zero-order valence-electron chi connectivity index (χ0n) is 5.20. The molecule has 0 unspecified atom stereocenters. The molecule has 0 amide bonds. The molecule has 0 aromatic heterocycles. The molecule has 4 heteroatoms. The number of anilines is 2. The molecular weight excluding hydrogens is 164 g/mol. The van der Waals surface area contributed by atoms with Crippen molar-refractivity contribution in [1.82, 2.24) is 0 Å². The molecule has 0 fully saturated rings. The van der Waals surface area contributed by atoms with E-state index in [4.69, 9.17) is 11.5 Å². The van der Waals surface area contributed by atoms with Crippen LogP contribution in [0, 0.1) is 0 Å². The molecule has 1 rings (SSSR count). The van der Waals surface area contributed by atoms with E-state index in [0.29, 0.717) is 21.2 Å². The molecule has 0 bridgehead atoms. The highest BCUT2D eigenvalue weighted by atomic mass is 32.1. The van der Waals surface area contributed by atoms with Crippen LogP contribution in [0.15, 0.2) is 21.9 Å². The van der Waals surface area contributed by atoms with Gasteiger partial charge in [-0.1, -0.05) is 0 Å². The van der Waals surface area contributed by atoms with E-state index in [1.165, 1.54) is 0 Å². The van der Waals surface area contributed by atoms with Gasteiger partial charge in [0.2, 0.25) is 0 Å². The Morgan fingerprint density at radius 1 is 1.00 bits per heavy atom. The number of nitrogen functional groups attached to an aromatic ring is 2. The first-order chi connectivity index (χ1) is 4.61. The first-order valence-electron chi connectivity index (χ1n) is 2.68. The largest absolute Gasteiger partial charge is 0.399 e. The van der Waals surface area contributed by atoms with Crippen LogP contribution >= 0.6 is 25.3 Å². The van der Waals surface area contributed by atoms with Crippen LogP contribution in [-0.2, 0) is 0 Å². The summed E-state index contributed by atoms with van der Waals surface area (Å²) in [4.78, 5) is 1.34. The smallest absolute Gasteiger partial charge is 0.0586 e. The molecule has 0 aliphatic carbocycles. The predicted octanol–water partition coefficient (Wildman–Crippen LogP) is 1.43. The van der Waals surface area contributed by atoms with Crippen LogP contribution in [0.2, 0.25) is 0 Å². The van der Waals surface area contributed by atoms with Gasteiger partial charge in [0.25, 0.3) is 0 Å². The van der Waals surface area contributed by atoms with E-state index in [1.807, 2.05) is 0 Å². The third kappa shape index (κ3) is 1.33. The van der Waals surface area contributed by atoms with E-state index in [0.717, 1.165) is 0 Å². The van der Waals surface area contributed by atoms with Crippen LogP contribution in [0.1, 0.15) is 0 Å². The molecule has 0 heterocycles. The van der Waals surface area contributed by atoms with E-state index in [9.17, 15) is 0 Å². The summed E-state index contributed by atoms with van der Waals surface area (Å²) in [6.07, 6.45) is 0. The molecule has 10 heavy (non-hydrogen) atoms. The Morgan fingerprint density at radius 2 is 1.40 bits per heavy atom. The second-order valence-electron chi connectivity index (χ2n) is 1.97. The summed E-state index contributed by atoms with van der Waals surface area (Å²) in [7, 11) is 0. The Hall–Kier alpha value is -0.480. The van der Waals surface area contributed by atoms with Crippen molar-refractivity contribution in [3.8, 4) is 0 Å². The molecule has 2 nitrogen and oxygen atoms in total. The van der Waals surface area contributed by atoms with Crippen molar-refractivity contribution in [2.24, 2.45) is 0 Å². The zero-order valence-corrected chi connectivity index (χ0v) is 6.99. The van der Waals surface area contributed by atoms with Crippen LogP contribution in [0.4, 0.5) is 11.4 Å². The van der Waals surface area contributed by atoms with Crippen molar-refractivity contribution in [2.75, 3.05) is 11.5 Å². The lowest BCUT2D eigenvalue weighted by Crippen LogP contribution is -1.92. The van der Waals surface area contributed by atoms with Crippen LogP contribution in [0.5, 0.6) is 0 Å². The molecule has 0 atom stereocenters. The summed E-state index contributed by atoms with van der Waals surface area (Å²) in [5, 5.41) is 0. The molecule has 1 aromatic carbocycles. The first-order valence-corrected chi connectivity index (χ1v) is 3.57.